The lowest BCUT2D eigenvalue weighted by Gasteiger charge is -1.78. The van der Waals surface area contributed by atoms with Gasteiger partial charge in [-0.3, -0.25) is 0 Å². The molecule has 0 fully saturated rings. The predicted octanol–water partition coefficient (Wildman–Crippen LogP) is 0.930. The van der Waals surface area contributed by atoms with Gasteiger partial charge in [0.25, 0.3) is 0 Å². The number of halogens is 1. The normalized spacial score (nSPS) is 8.71. The van der Waals surface area contributed by atoms with Crippen molar-refractivity contribution in [3.63, 3.8) is 0 Å². The highest BCUT2D eigenvalue weighted by Gasteiger charge is 1.78. The lowest BCUT2D eigenvalue weighted by Crippen LogP contribution is -1.72. The molecule has 0 aromatic carbocycles. The Morgan fingerprint density at radius 2 is 2.57 bits per heavy atom. The first-order valence-electron chi connectivity index (χ1n) is 1.73. The molecule has 0 bridgehead atoms. The number of aromatic nitrogens is 2. The summed E-state index contributed by atoms with van der Waals surface area (Å²) in [6, 6.07) is 1.50. The summed E-state index contributed by atoms with van der Waals surface area (Å²) in [6.45, 7) is 0. The number of hydrogen-bond donors (Lipinski definition) is 0. The molecule has 0 aliphatic rings. The summed E-state index contributed by atoms with van der Waals surface area (Å²) < 4.78 is 0. The number of rotatable bonds is 0. The van der Waals surface area contributed by atoms with E-state index in [0.717, 1.165) is 0 Å². The Morgan fingerprint density at radius 3 is 2.86 bits per heavy atom. The first kappa shape index (κ1) is 4.53. The van der Waals surface area contributed by atoms with E-state index >= 15 is 0 Å². The van der Waals surface area contributed by atoms with Crippen molar-refractivity contribution in [3.8, 4) is 0 Å². The Morgan fingerprint density at radius 1 is 1.71 bits per heavy atom. The molecule has 0 amide bonds. The van der Waals surface area contributed by atoms with Crippen LogP contribution in [-0.2, 0) is 0 Å². The SMILES string of the molecule is Clc1c[c]ncn1. The second kappa shape index (κ2) is 1.89. The molecule has 0 N–H and O–H groups in total. The largest absolute Gasteiger partial charge is 0.235 e. The minimum absolute atomic E-state index is 0.426. The summed E-state index contributed by atoms with van der Waals surface area (Å²) in [5, 5.41) is 0.426. The van der Waals surface area contributed by atoms with Gasteiger partial charge in [-0.15, -0.1) is 0 Å². The van der Waals surface area contributed by atoms with Crippen molar-refractivity contribution >= 4 is 11.6 Å². The van der Waals surface area contributed by atoms with Gasteiger partial charge in [-0.2, -0.15) is 0 Å². The van der Waals surface area contributed by atoms with Crippen LogP contribution in [0, 0.1) is 6.20 Å². The van der Waals surface area contributed by atoms with Crippen LogP contribution in [0.4, 0.5) is 0 Å². The van der Waals surface area contributed by atoms with Crippen molar-refractivity contribution in [1.82, 2.24) is 9.97 Å². The summed E-state index contributed by atoms with van der Waals surface area (Å²) in [5.41, 5.74) is 0. The molecule has 0 aliphatic heterocycles. The molecule has 3 heteroatoms. The van der Waals surface area contributed by atoms with Crippen molar-refractivity contribution in [2.24, 2.45) is 0 Å². The Labute approximate surface area is 46.2 Å². The standard InChI is InChI=1S/C4H2ClN2/c5-4-1-2-6-3-7-4/h1,3H. The van der Waals surface area contributed by atoms with Crippen molar-refractivity contribution in [3.05, 3.63) is 23.7 Å². The molecule has 0 saturated carbocycles. The van der Waals surface area contributed by atoms with Crippen LogP contribution in [-0.4, -0.2) is 9.97 Å². The van der Waals surface area contributed by atoms with Crippen LogP contribution in [0.3, 0.4) is 0 Å². The van der Waals surface area contributed by atoms with Crippen molar-refractivity contribution in [1.29, 1.82) is 0 Å². The third-order valence-corrected chi connectivity index (χ3v) is 0.704. The van der Waals surface area contributed by atoms with Gasteiger partial charge >= 0.3 is 0 Å². The minimum atomic E-state index is 0.426. The van der Waals surface area contributed by atoms with Gasteiger partial charge in [0.1, 0.15) is 11.5 Å². The Balaban J connectivity index is 3.02. The van der Waals surface area contributed by atoms with E-state index in [1.807, 2.05) is 0 Å². The van der Waals surface area contributed by atoms with Crippen LogP contribution in [0.2, 0.25) is 5.15 Å². The zero-order chi connectivity index (χ0) is 5.11. The van der Waals surface area contributed by atoms with Gasteiger partial charge in [-0.25, -0.2) is 9.97 Å². The summed E-state index contributed by atoms with van der Waals surface area (Å²) >= 11 is 5.36. The van der Waals surface area contributed by atoms with E-state index in [1.165, 1.54) is 12.4 Å². The van der Waals surface area contributed by atoms with Crippen LogP contribution < -0.4 is 0 Å². The maximum absolute atomic E-state index is 5.36. The van der Waals surface area contributed by atoms with Crippen molar-refractivity contribution < 1.29 is 0 Å². The summed E-state index contributed by atoms with van der Waals surface area (Å²) in [6.07, 6.45) is 3.87. The first-order valence-corrected chi connectivity index (χ1v) is 2.11. The Bertz CT molecular complexity index is 140. The highest BCUT2D eigenvalue weighted by Crippen LogP contribution is 1.95. The lowest BCUT2D eigenvalue weighted by atomic mass is 10.7. The molecule has 0 spiro atoms. The Kier molecular flexibility index (Phi) is 1.22. The van der Waals surface area contributed by atoms with E-state index in [2.05, 4.69) is 16.2 Å². The minimum Gasteiger partial charge on any atom is -0.235 e. The summed E-state index contributed by atoms with van der Waals surface area (Å²) in [4.78, 5) is 7.13. The van der Waals surface area contributed by atoms with E-state index in [0.29, 0.717) is 5.15 Å². The fourth-order valence-electron chi connectivity index (χ4n) is 0.245. The average Bonchev–Trinajstić information content (AvgIpc) is 1.69. The third-order valence-electron chi connectivity index (χ3n) is 0.497. The molecule has 1 aromatic rings. The summed E-state index contributed by atoms with van der Waals surface area (Å²) in [5.74, 6) is 0. The van der Waals surface area contributed by atoms with Crippen LogP contribution >= 0.6 is 11.6 Å². The average molecular weight is 114 g/mol. The smallest absolute Gasteiger partial charge is 0.133 e. The van der Waals surface area contributed by atoms with Gasteiger partial charge in [0.15, 0.2) is 0 Å². The topological polar surface area (TPSA) is 25.8 Å². The van der Waals surface area contributed by atoms with Crippen LogP contribution in [0.15, 0.2) is 12.4 Å². The highest BCUT2D eigenvalue weighted by molar-refractivity contribution is 6.29. The molecule has 0 aliphatic carbocycles. The van der Waals surface area contributed by atoms with Crippen LogP contribution in [0.1, 0.15) is 0 Å². The zero-order valence-corrected chi connectivity index (χ0v) is 4.18. The van der Waals surface area contributed by atoms with Gasteiger partial charge in [0, 0.05) is 6.07 Å². The molecule has 2 nitrogen and oxygen atoms in total. The molecule has 35 valence electrons. The molecule has 0 atom stereocenters. The molecule has 1 aromatic heterocycles. The molecular weight excluding hydrogens is 112 g/mol. The second-order valence-corrected chi connectivity index (χ2v) is 1.36. The highest BCUT2D eigenvalue weighted by atomic mass is 35.5. The molecule has 1 radical (unpaired) electrons. The van der Waals surface area contributed by atoms with Gasteiger partial charge in [0.05, 0.1) is 6.20 Å². The lowest BCUT2D eigenvalue weighted by molar-refractivity contribution is 1.16. The molecule has 7 heavy (non-hydrogen) atoms. The Hall–Kier alpha value is -0.630. The van der Waals surface area contributed by atoms with Crippen molar-refractivity contribution in [2.45, 2.75) is 0 Å². The van der Waals surface area contributed by atoms with E-state index in [4.69, 9.17) is 11.6 Å². The van der Waals surface area contributed by atoms with Crippen LogP contribution in [0.5, 0.6) is 0 Å². The molecule has 1 heterocycles. The predicted molar refractivity (Wildman–Crippen MR) is 25.9 cm³/mol. The van der Waals surface area contributed by atoms with E-state index in [1.54, 1.807) is 0 Å². The maximum atomic E-state index is 5.36. The quantitative estimate of drug-likeness (QED) is 0.468. The zero-order valence-electron chi connectivity index (χ0n) is 3.43. The van der Waals surface area contributed by atoms with Gasteiger partial charge in [-0.1, -0.05) is 11.6 Å². The van der Waals surface area contributed by atoms with Crippen LogP contribution in [0.25, 0.3) is 0 Å². The van der Waals surface area contributed by atoms with Crippen molar-refractivity contribution in [2.75, 3.05) is 0 Å². The fraction of sp³-hybridized carbons (Fsp3) is 0. The third kappa shape index (κ3) is 1.12. The molecular formula is C4H2ClN2. The summed E-state index contributed by atoms with van der Waals surface area (Å²) in [7, 11) is 0. The van der Waals surface area contributed by atoms with E-state index in [9.17, 15) is 0 Å². The molecule has 0 saturated heterocycles. The van der Waals surface area contributed by atoms with E-state index in [-0.39, 0.29) is 0 Å². The fourth-order valence-corrected chi connectivity index (χ4v) is 0.338. The first-order chi connectivity index (χ1) is 3.39. The number of hydrogen-bond acceptors (Lipinski definition) is 2. The second-order valence-electron chi connectivity index (χ2n) is 0.970. The number of nitrogens with zero attached hydrogens (tertiary/aromatic N) is 2. The molecule has 0 unspecified atom stereocenters. The monoisotopic (exact) mass is 113 g/mol. The van der Waals surface area contributed by atoms with Gasteiger partial charge in [-0.05, 0) is 0 Å². The van der Waals surface area contributed by atoms with Gasteiger partial charge in [0.2, 0.25) is 0 Å². The maximum Gasteiger partial charge on any atom is 0.133 e. The van der Waals surface area contributed by atoms with E-state index < -0.39 is 0 Å². The van der Waals surface area contributed by atoms with Gasteiger partial charge < -0.3 is 0 Å². The molecule has 1 rings (SSSR count).